The third-order valence-electron chi connectivity index (χ3n) is 1.70. The smallest absolute Gasteiger partial charge is 0.316 e. The summed E-state index contributed by atoms with van der Waals surface area (Å²) < 4.78 is 21.6. The van der Waals surface area contributed by atoms with E-state index in [0.717, 1.165) is 6.26 Å². The SMILES string of the molecule is CS(=O)(=O)C1CN(C(=O)Cl)C1. The Morgan fingerprint density at radius 3 is 2.27 bits per heavy atom. The maximum atomic E-state index is 10.8. The highest BCUT2D eigenvalue weighted by Gasteiger charge is 2.36. The number of hydrogen-bond donors (Lipinski definition) is 0. The lowest BCUT2D eigenvalue weighted by Crippen LogP contribution is -2.55. The lowest BCUT2D eigenvalue weighted by Gasteiger charge is -2.35. The molecule has 64 valence electrons. The average molecular weight is 198 g/mol. The van der Waals surface area contributed by atoms with Crippen molar-refractivity contribution in [2.24, 2.45) is 0 Å². The minimum absolute atomic E-state index is 0.237. The first-order chi connectivity index (χ1) is 4.91. The Labute approximate surface area is 70.0 Å². The third kappa shape index (κ3) is 1.84. The number of halogens is 1. The molecule has 1 aliphatic heterocycles. The number of nitrogens with zero attached hydrogens (tertiary/aromatic N) is 1. The summed E-state index contributed by atoms with van der Waals surface area (Å²) in [5.41, 5.74) is 0. The van der Waals surface area contributed by atoms with Crippen LogP contribution in [0.5, 0.6) is 0 Å². The molecule has 1 amide bonds. The van der Waals surface area contributed by atoms with Crippen LogP contribution in [0.15, 0.2) is 0 Å². The number of rotatable bonds is 1. The molecule has 0 aromatic carbocycles. The van der Waals surface area contributed by atoms with E-state index in [1.165, 1.54) is 4.90 Å². The summed E-state index contributed by atoms with van der Waals surface area (Å²) in [4.78, 5) is 11.7. The fourth-order valence-corrected chi connectivity index (χ4v) is 1.89. The van der Waals surface area contributed by atoms with Gasteiger partial charge in [0.1, 0.15) is 0 Å². The van der Waals surface area contributed by atoms with Crippen LogP contribution in [0.1, 0.15) is 0 Å². The Bertz CT molecular complexity index is 267. The zero-order valence-electron chi connectivity index (χ0n) is 5.95. The molecule has 0 saturated carbocycles. The summed E-state index contributed by atoms with van der Waals surface area (Å²) >= 11 is 5.09. The van der Waals surface area contributed by atoms with Crippen molar-refractivity contribution in [2.75, 3.05) is 19.3 Å². The standard InChI is InChI=1S/C5H8ClNO3S/c1-11(9,10)4-2-7(3-4)5(6)8/h4H,2-3H2,1H3. The third-order valence-corrected chi connectivity index (χ3v) is 3.45. The maximum Gasteiger partial charge on any atom is 0.316 e. The Balaban J connectivity index is 2.48. The Hall–Kier alpha value is -0.290. The highest BCUT2D eigenvalue weighted by molar-refractivity contribution is 7.91. The first-order valence-corrected chi connectivity index (χ1v) is 5.38. The lowest BCUT2D eigenvalue weighted by molar-refractivity contribution is 0.193. The summed E-state index contributed by atoms with van der Waals surface area (Å²) in [5.74, 6) is 0. The number of likely N-dealkylation sites (tertiary alicyclic amines) is 1. The maximum absolute atomic E-state index is 10.8. The molecule has 1 aliphatic rings. The van der Waals surface area contributed by atoms with Crippen molar-refractivity contribution in [3.8, 4) is 0 Å². The van der Waals surface area contributed by atoms with Crippen molar-refractivity contribution >= 4 is 26.8 Å². The fourth-order valence-electron chi connectivity index (χ4n) is 0.852. The van der Waals surface area contributed by atoms with Crippen LogP contribution in [0.25, 0.3) is 0 Å². The van der Waals surface area contributed by atoms with E-state index in [2.05, 4.69) is 0 Å². The van der Waals surface area contributed by atoms with Gasteiger partial charge in [-0.05, 0) is 11.6 Å². The molecule has 0 aromatic rings. The van der Waals surface area contributed by atoms with Gasteiger partial charge in [-0.3, -0.25) is 4.79 Å². The monoisotopic (exact) mass is 197 g/mol. The summed E-state index contributed by atoms with van der Waals surface area (Å²) in [5, 5.41) is -0.991. The molecule has 1 heterocycles. The predicted molar refractivity (Wildman–Crippen MR) is 41.5 cm³/mol. The molecule has 0 radical (unpaired) electrons. The number of carbonyl (C=O) groups is 1. The molecule has 11 heavy (non-hydrogen) atoms. The van der Waals surface area contributed by atoms with Crippen molar-refractivity contribution < 1.29 is 13.2 Å². The molecule has 0 spiro atoms. The Kier molecular flexibility index (Phi) is 2.11. The molecule has 0 aliphatic carbocycles. The Morgan fingerprint density at radius 2 is 2.00 bits per heavy atom. The van der Waals surface area contributed by atoms with Crippen molar-refractivity contribution in [1.29, 1.82) is 0 Å². The van der Waals surface area contributed by atoms with Gasteiger partial charge in [0.2, 0.25) is 0 Å². The van der Waals surface area contributed by atoms with Crippen molar-refractivity contribution in [2.45, 2.75) is 5.25 Å². The first kappa shape index (κ1) is 8.80. The van der Waals surface area contributed by atoms with Gasteiger partial charge in [-0.1, -0.05) is 0 Å². The molecular weight excluding hydrogens is 190 g/mol. The minimum Gasteiger partial charge on any atom is -0.326 e. The van der Waals surface area contributed by atoms with Crippen LogP contribution >= 0.6 is 11.6 Å². The summed E-state index contributed by atoms with van der Waals surface area (Å²) in [6.45, 7) is 0.475. The molecule has 6 heteroatoms. The fraction of sp³-hybridized carbons (Fsp3) is 0.800. The molecular formula is C5H8ClNO3S. The average Bonchev–Trinajstić information content (AvgIpc) is 1.51. The highest BCUT2D eigenvalue weighted by atomic mass is 35.5. The van der Waals surface area contributed by atoms with Crippen LogP contribution in [-0.2, 0) is 9.84 Å². The molecule has 1 rings (SSSR count). The lowest BCUT2D eigenvalue weighted by atomic mass is 10.2. The van der Waals surface area contributed by atoms with E-state index in [1.54, 1.807) is 0 Å². The van der Waals surface area contributed by atoms with E-state index < -0.39 is 20.5 Å². The molecule has 0 atom stereocenters. The van der Waals surface area contributed by atoms with Gasteiger partial charge in [0.05, 0.1) is 5.25 Å². The molecule has 0 unspecified atom stereocenters. The second-order valence-electron chi connectivity index (χ2n) is 2.61. The van der Waals surface area contributed by atoms with Gasteiger partial charge < -0.3 is 4.90 Å². The molecule has 0 bridgehead atoms. The topological polar surface area (TPSA) is 54.5 Å². The minimum atomic E-state index is -2.99. The zero-order valence-corrected chi connectivity index (χ0v) is 7.52. The second kappa shape index (κ2) is 2.64. The summed E-state index contributed by atoms with van der Waals surface area (Å²) in [6, 6.07) is 0. The Morgan fingerprint density at radius 1 is 1.55 bits per heavy atom. The van der Waals surface area contributed by atoms with Gasteiger partial charge in [0.15, 0.2) is 9.84 Å². The van der Waals surface area contributed by atoms with E-state index in [4.69, 9.17) is 11.6 Å². The first-order valence-electron chi connectivity index (χ1n) is 3.04. The highest BCUT2D eigenvalue weighted by Crippen LogP contribution is 2.16. The van der Waals surface area contributed by atoms with Gasteiger partial charge in [0.25, 0.3) is 0 Å². The molecule has 1 fully saturated rings. The molecule has 0 N–H and O–H groups in total. The predicted octanol–water partition coefficient (Wildman–Crippen LogP) is 0.0740. The largest absolute Gasteiger partial charge is 0.326 e. The van der Waals surface area contributed by atoms with Gasteiger partial charge >= 0.3 is 5.37 Å². The van der Waals surface area contributed by atoms with Crippen molar-refractivity contribution in [1.82, 2.24) is 4.90 Å². The van der Waals surface area contributed by atoms with E-state index >= 15 is 0 Å². The summed E-state index contributed by atoms with van der Waals surface area (Å²) in [7, 11) is -2.99. The van der Waals surface area contributed by atoms with Crippen molar-refractivity contribution in [3.63, 3.8) is 0 Å². The normalized spacial score (nSPS) is 19.6. The van der Waals surface area contributed by atoms with Crippen molar-refractivity contribution in [3.05, 3.63) is 0 Å². The molecule has 0 aromatic heterocycles. The number of amides is 1. The number of sulfone groups is 1. The number of hydrogen-bond acceptors (Lipinski definition) is 3. The van der Waals surface area contributed by atoms with E-state index in [9.17, 15) is 13.2 Å². The molecule has 4 nitrogen and oxygen atoms in total. The van der Waals surface area contributed by atoms with E-state index in [0.29, 0.717) is 0 Å². The van der Waals surface area contributed by atoms with Crippen LogP contribution in [0.3, 0.4) is 0 Å². The van der Waals surface area contributed by atoms with Crippen LogP contribution in [-0.4, -0.2) is 43.3 Å². The zero-order chi connectivity index (χ0) is 8.65. The van der Waals surface area contributed by atoms with E-state index in [-0.39, 0.29) is 13.1 Å². The van der Waals surface area contributed by atoms with Gasteiger partial charge in [0, 0.05) is 19.3 Å². The van der Waals surface area contributed by atoms with Gasteiger partial charge in [-0.2, -0.15) is 0 Å². The summed E-state index contributed by atoms with van der Waals surface area (Å²) in [6.07, 6.45) is 1.16. The molecule has 1 saturated heterocycles. The van der Waals surface area contributed by atoms with E-state index in [1.807, 2.05) is 0 Å². The quantitative estimate of drug-likeness (QED) is 0.442. The van der Waals surface area contributed by atoms with Crippen LogP contribution in [0, 0.1) is 0 Å². The van der Waals surface area contributed by atoms with Crippen LogP contribution < -0.4 is 0 Å². The van der Waals surface area contributed by atoms with Gasteiger partial charge in [-0.15, -0.1) is 0 Å². The second-order valence-corrected chi connectivity index (χ2v) is 5.26. The number of carbonyl (C=O) groups excluding carboxylic acids is 1. The van der Waals surface area contributed by atoms with Gasteiger partial charge in [-0.25, -0.2) is 8.42 Å². The van der Waals surface area contributed by atoms with Crippen LogP contribution in [0.2, 0.25) is 0 Å². The van der Waals surface area contributed by atoms with Crippen LogP contribution in [0.4, 0.5) is 4.79 Å².